The van der Waals surface area contributed by atoms with Crippen molar-refractivity contribution in [3.8, 4) is 0 Å². The predicted octanol–water partition coefficient (Wildman–Crippen LogP) is 2.38. The highest BCUT2D eigenvalue weighted by molar-refractivity contribution is 5.79. The van der Waals surface area contributed by atoms with Crippen molar-refractivity contribution in [3.63, 3.8) is 0 Å². The first-order valence-electron chi connectivity index (χ1n) is 9.57. The summed E-state index contributed by atoms with van der Waals surface area (Å²) in [4.78, 5) is 4.36. The number of rotatable bonds is 8. The molecule has 0 unspecified atom stereocenters. The molecule has 1 saturated carbocycles. The molecule has 0 atom stereocenters. The van der Waals surface area contributed by atoms with Gasteiger partial charge in [0.25, 0.3) is 0 Å². The summed E-state index contributed by atoms with van der Waals surface area (Å²) in [6.45, 7) is 5.20. The molecule has 0 saturated heterocycles. The summed E-state index contributed by atoms with van der Waals surface area (Å²) in [7, 11) is 1.80. The van der Waals surface area contributed by atoms with Crippen molar-refractivity contribution in [1.29, 1.82) is 0 Å². The van der Waals surface area contributed by atoms with Crippen LogP contribution in [0.2, 0.25) is 0 Å². The minimum absolute atomic E-state index is 0.328. The van der Waals surface area contributed by atoms with E-state index in [9.17, 15) is 0 Å². The Morgan fingerprint density at radius 2 is 2.12 bits per heavy atom. The molecule has 0 spiro atoms. The van der Waals surface area contributed by atoms with Crippen LogP contribution in [-0.2, 0) is 11.3 Å². The topological polar surface area (TPSA) is 75.8 Å². The summed E-state index contributed by atoms with van der Waals surface area (Å²) in [5.74, 6) is 1.68. The second-order valence-corrected chi connectivity index (χ2v) is 6.98. The molecule has 2 aromatic rings. The van der Waals surface area contributed by atoms with Crippen LogP contribution in [-0.4, -0.2) is 47.4 Å². The van der Waals surface area contributed by atoms with Gasteiger partial charge < -0.3 is 15.4 Å². The maximum Gasteiger partial charge on any atom is 0.191 e. The number of guanidine groups is 1. The summed E-state index contributed by atoms with van der Waals surface area (Å²) in [6.07, 6.45) is 8.23. The van der Waals surface area contributed by atoms with Gasteiger partial charge in [0.2, 0.25) is 0 Å². The minimum Gasteiger partial charge on any atom is -0.382 e. The second-order valence-electron chi connectivity index (χ2n) is 6.98. The van der Waals surface area contributed by atoms with Crippen LogP contribution in [0.4, 0.5) is 0 Å². The number of pyridine rings is 1. The van der Waals surface area contributed by atoms with Gasteiger partial charge in [-0.25, -0.2) is 0 Å². The van der Waals surface area contributed by atoms with Gasteiger partial charge >= 0.3 is 0 Å². The average Bonchev–Trinajstić information content (AvgIpc) is 3.30. The van der Waals surface area contributed by atoms with Crippen LogP contribution < -0.4 is 10.6 Å². The van der Waals surface area contributed by atoms with E-state index in [1.165, 1.54) is 25.7 Å². The molecule has 2 heterocycles. The van der Waals surface area contributed by atoms with Crippen LogP contribution in [0.1, 0.15) is 44.9 Å². The van der Waals surface area contributed by atoms with E-state index in [2.05, 4.69) is 32.7 Å². The Labute approximate surface area is 155 Å². The predicted molar refractivity (Wildman–Crippen MR) is 103 cm³/mol. The number of aromatic nitrogens is 3. The quantitative estimate of drug-likeness (QED) is 0.430. The molecule has 142 valence electrons. The molecule has 0 aromatic carbocycles. The Kier molecular flexibility index (Phi) is 6.44. The Hall–Kier alpha value is -2.15. The molecule has 0 aliphatic heterocycles. The molecule has 1 aliphatic rings. The first-order valence-corrected chi connectivity index (χ1v) is 9.57. The van der Waals surface area contributed by atoms with E-state index in [1.807, 2.05) is 28.8 Å². The van der Waals surface area contributed by atoms with Gasteiger partial charge in [0.1, 0.15) is 0 Å². The third-order valence-electron chi connectivity index (χ3n) is 5.30. The van der Waals surface area contributed by atoms with Crippen LogP contribution in [0.5, 0.6) is 0 Å². The van der Waals surface area contributed by atoms with Gasteiger partial charge in [0, 0.05) is 33.0 Å². The maximum absolute atomic E-state index is 5.60. The highest BCUT2D eigenvalue weighted by atomic mass is 16.5. The van der Waals surface area contributed by atoms with E-state index >= 15 is 0 Å². The zero-order valence-electron chi connectivity index (χ0n) is 15.9. The largest absolute Gasteiger partial charge is 0.382 e. The van der Waals surface area contributed by atoms with Gasteiger partial charge in [0.15, 0.2) is 17.4 Å². The molecule has 7 nitrogen and oxygen atoms in total. The lowest BCUT2D eigenvalue weighted by molar-refractivity contribution is 0.105. The SMILES string of the molecule is CCOCCC1(CNC(=NC)NCc2nnc3ccccn23)CCCC1. The molecule has 0 amide bonds. The first-order chi connectivity index (χ1) is 12.8. The van der Waals surface area contributed by atoms with Crippen molar-refractivity contribution in [1.82, 2.24) is 25.2 Å². The van der Waals surface area contributed by atoms with Crippen LogP contribution in [0.3, 0.4) is 0 Å². The third-order valence-corrected chi connectivity index (χ3v) is 5.30. The number of fused-ring (bicyclic) bond motifs is 1. The van der Waals surface area contributed by atoms with Crippen molar-refractivity contribution in [2.24, 2.45) is 10.4 Å². The van der Waals surface area contributed by atoms with Gasteiger partial charge in [-0.2, -0.15) is 0 Å². The fraction of sp³-hybridized carbons (Fsp3) is 0.632. The van der Waals surface area contributed by atoms with Gasteiger partial charge in [-0.05, 0) is 43.7 Å². The van der Waals surface area contributed by atoms with E-state index in [0.717, 1.165) is 43.6 Å². The molecule has 2 aromatic heterocycles. The number of hydrogen-bond acceptors (Lipinski definition) is 4. The van der Waals surface area contributed by atoms with Crippen molar-refractivity contribution in [2.45, 2.75) is 45.6 Å². The van der Waals surface area contributed by atoms with Gasteiger partial charge in [0.05, 0.1) is 6.54 Å². The van der Waals surface area contributed by atoms with Gasteiger partial charge in [-0.1, -0.05) is 18.9 Å². The lowest BCUT2D eigenvalue weighted by Gasteiger charge is -2.30. The van der Waals surface area contributed by atoms with Gasteiger partial charge in [-0.3, -0.25) is 9.39 Å². The summed E-state index contributed by atoms with van der Waals surface area (Å²) in [6, 6.07) is 5.89. The lowest BCUT2D eigenvalue weighted by Crippen LogP contribution is -2.43. The molecule has 2 N–H and O–H groups in total. The van der Waals surface area contributed by atoms with E-state index in [1.54, 1.807) is 7.05 Å². The normalized spacial score (nSPS) is 16.9. The fourth-order valence-electron chi connectivity index (χ4n) is 3.74. The van der Waals surface area contributed by atoms with Crippen molar-refractivity contribution < 1.29 is 4.74 Å². The Bertz CT molecular complexity index is 720. The van der Waals surface area contributed by atoms with E-state index in [0.29, 0.717) is 12.0 Å². The monoisotopic (exact) mass is 358 g/mol. The maximum atomic E-state index is 5.60. The molecule has 1 aliphatic carbocycles. The molecule has 0 radical (unpaired) electrons. The van der Waals surface area contributed by atoms with E-state index in [-0.39, 0.29) is 0 Å². The zero-order valence-corrected chi connectivity index (χ0v) is 15.9. The lowest BCUT2D eigenvalue weighted by atomic mass is 9.83. The van der Waals surface area contributed by atoms with Gasteiger partial charge in [-0.15, -0.1) is 10.2 Å². The fourth-order valence-corrected chi connectivity index (χ4v) is 3.74. The first kappa shape index (κ1) is 18.6. The molecular formula is C19H30N6O. The summed E-state index contributed by atoms with van der Waals surface area (Å²) in [5, 5.41) is 15.3. The van der Waals surface area contributed by atoms with Crippen LogP contribution in [0.15, 0.2) is 29.4 Å². The number of hydrogen-bond donors (Lipinski definition) is 2. The Morgan fingerprint density at radius 1 is 1.27 bits per heavy atom. The number of ether oxygens (including phenoxy) is 1. The second kappa shape index (κ2) is 8.98. The van der Waals surface area contributed by atoms with Crippen LogP contribution in [0, 0.1) is 5.41 Å². The Morgan fingerprint density at radius 3 is 2.88 bits per heavy atom. The van der Waals surface area contributed by atoms with E-state index in [4.69, 9.17) is 4.74 Å². The molecule has 0 bridgehead atoms. The number of nitrogens with one attached hydrogen (secondary N) is 2. The third kappa shape index (κ3) is 4.52. The molecule has 3 rings (SSSR count). The average molecular weight is 358 g/mol. The van der Waals surface area contributed by atoms with E-state index < -0.39 is 0 Å². The standard InChI is InChI=1S/C19H30N6O/c1-3-26-13-11-19(9-5-6-10-19)15-22-18(20-2)21-14-17-24-23-16-8-4-7-12-25(16)17/h4,7-8,12H,3,5-6,9-11,13-15H2,1-2H3,(H2,20,21,22). The number of nitrogens with zero attached hydrogens (tertiary/aromatic N) is 4. The van der Waals surface area contributed by atoms with Crippen molar-refractivity contribution in [2.75, 3.05) is 26.8 Å². The highest BCUT2D eigenvalue weighted by Crippen LogP contribution is 2.40. The zero-order chi connectivity index (χ0) is 18.2. The summed E-state index contributed by atoms with van der Waals surface area (Å²) < 4.78 is 7.59. The molecular weight excluding hydrogens is 328 g/mol. The highest BCUT2D eigenvalue weighted by Gasteiger charge is 2.33. The summed E-state index contributed by atoms with van der Waals surface area (Å²) in [5.41, 5.74) is 1.18. The summed E-state index contributed by atoms with van der Waals surface area (Å²) >= 11 is 0. The van der Waals surface area contributed by atoms with Crippen molar-refractivity contribution in [3.05, 3.63) is 30.2 Å². The molecule has 7 heteroatoms. The number of aliphatic imine (C=N–C) groups is 1. The minimum atomic E-state index is 0.328. The van der Waals surface area contributed by atoms with Crippen LogP contribution in [0.25, 0.3) is 5.65 Å². The van der Waals surface area contributed by atoms with Crippen LogP contribution >= 0.6 is 0 Å². The molecule has 1 fully saturated rings. The molecule has 26 heavy (non-hydrogen) atoms. The smallest absolute Gasteiger partial charge is 0.191 e. The Balaban J connectivity index is 1.54. The van der Waals surface area contributed by atoms with Crippen molar-refractivity contribution >= 4 is 11.6 Å².